The number of Topliss-reactive ketones (excluding diaryl/α,β-unsaturated/α-hetero) is 1. The van der Waals surface area contributed by atoms with Crippen LogP contribution < -0.4 is 4.74 Å². The monoisotopic (exact) mass is 359 g/mol. The summed E-state index contributed by atoms with van der Waals surface area (Å²) in [5, 5.41) is 18.1. The van der Waals surface area contributed by atoms with E-state index < -0.39 is 5.92 Å². The molecule has 1 aromatic carbocycles. The number of hydrogen-bond donors (Lipinski definition) is 1. The number of rotatable bonds is 4. The molecule has 2 heterocycles. The number of methoxy groups -OCH3 is 1. The molecule has 0 saturated carbocycles. The molecule has 1 aromatic heterocycles. The van der Waals surface area contributed by atoms with Crippen molar-refractivity contribution in [2.45, 2.75) is 26.2 Å². The third-order valence-corrected chi connectivity index (χ3v) is 5.88. The molecule has 5 nitrogen and oxygen atoms in total. The van der Waals surface area contributed by atoms with Crippen molar-refractivity contribution in [3.05, 3.63) is 44.2 Å². The Bertz CT molecular complexity index is 842. The number of thioether (sulfide) groups is 1. The Hall–Kier alpha value is -1.99. The molecule has 1 saturated heterocycles. The molecule has 7 heteroatoms. The first kappa shape index (κ1) is 16.9. The number of nitrogens with zero attached hydrogens (tertiary/aromatic N) is 2. The second-order valence-corrected chi connectivity index (χ2v) is 7.57. The van der Waals surface area contributed by atoms with Gasteiger partial charge in [0, 0.05) is 0 Å². The predicted molar refractivity (Wildman–Crippen MR) is 98.1 cm³/mol. The molecule has 0 aliphatic carbocycles. The summed E-state index contributed by atoms with van der Waals surface area (Å²) in [6.45, 7) is 3.97. The van der Waals surface area contributed by atoms with E-state index in [0.29, 0.717) is 15.0 Å². The molecule has 0 unspecified atom stereocenters. The number of benzene rings is 1. The smallest absolute Gasteiger partial charge is 0.186 e. The number of nitrogens with one attached hydrogen (secondary N) is 1. The van der Waals surface area contributed by atoms with Crippen LogP contribution in [0, 0.1) is 12.3 Å². The number of ketones is 1. The minimum Gasteiger partial charge on any atom is -0.496 e. The lowest BCUT2D eigenvalue weighted by atomic mass is 10.0. The highest BCUT2D eigenvalue weighted by Crippen LogP contribution is 2.41. The van der Waals surface area contributed by atoms with Crippen LogP contribution in [-0.2, 0) is 11.2 Å². The lowest BCUT2D eigenvalue weighted by molar-refractivity contribution is -0.114. The van der Waals surface area contributed by atoms with E-state index in [-0.39, 0.29) is 5.78 Å². The quantitative estimate of drug-likeness (QED) is 0.840. The van der Waals surface area contributed by atoms with Crippen molar-refractivity contribution in [3.63, 3.8) is 0 Å². The molecule has 0 radical (unpaired) electrons. The first-order chi connectivity index (χ1) is 11.5. The SMILES string of the molecule is CCc1nnc([C@@H]2C(=N)S/C(=C\c3ccc(C)c(OC)c3)C2=O)s1. The second kappa shape index (κ2) is 6.86. The summed E-state index contributed by atoms with van der Waals surface area (Å²) in [4.78, 5) is 13.3. The van der Waals surface area contributed by atoms with Gasteiger partial charge in [-0.15, -0.1) is 21.5 Å². The first-order valence-corrected chi connectivity index (χ1v) is 9.16. The number of carbonyl (C=O) groups is 1. The lowest BCUT2D eigenvalue weighted by Crippen LogP contribution is -2.11. The topological polar surface area (TPSA) is 75.9 Å². The van der Waals surface area contributed by atoms with Crippen LogP contribution in [0.5, 0.6) is 5.75 Å². The number of allylic oxidation sites excluding steroid dienone is 1. The molecule has 1 atom stereocenters. The van der Waals surface area contributed by atoms with Crippen LogP contribution >= 0.6 is 23.1 Å². The lowest BCUT2D eigenvalue weighted by Gasteiger charge is -2.05. The van der Waals surface area contributed by atoms with Crippen molar-refractivity contribution in [1.29, 1.82) is 5.41 Å². The summed E-state index contributed by atoms with van der Waals surface area (Å²) in [7, 11) is 1.63. The zero-order valence-corrected chi connectivity index (χ0v) is 15.3. The number of ether oxygens (including phenoxy) is 1. The summed E-state index contributed by atoms with van der Waals surface area (Å²) in [6, 6.07) is 5.79. The van der Waals surface area contributed by atoms with Crippen LogP contribution in [0.1, 0.15) is 34.0 Å². The normalized spacial score (nSPS) is 19.3. The molecule has 0 bridgehead atoms. The predicted octanol–water partition coefficient (Wildman–Crippen LogP) is 3.84. The van der Waals surface area contributed by atoms with Gasteiger partial charge in [-0.3, -0.25) is 10.2 Å². The molecule has 3 rings (SSSR count). The van der Waals surface area contributed by atoms with Gasteiger partial charge in [-0.1, -0.05) is 30.8 Å². The zero-order chi connectivity index (χ0) is 17.3. The maximum atomic E-state index is 12.7. The van der Waals surface area contributed by atoms with Crippen LogP contribution in [0.2, 0.25) is 0 Å². The third-order valence-electron chi connectivity index (χ3n) is 3.75. The minimum atomic E-state index is -0.605. The van der Waals surface area contributed by atoms with Gasteiger partial charge in [-0.2, -0.15) is 0 Å². The molecule has 0 amide bonds. The summed E-state index contributed by atoms with van der Waals surface area (Å²) < 4.78 is 5.32. The van der Waals surface area contributed by atoms with Gasteiger partial charge < -0.3 is 4.74 Å². The van der Waals surface area contributed by atoms with Crippen LogP contribution in [-0.4, -0.2) is 28.1 Å². The van der Waals surface area contributed by atoms with E-state index in [4.69, 9.17) is 10.1 Å². The van der Waals surface area contributed by atoms with E-state index >= 15 is 0 Å². The Kier molecular flexibility index (Phi) is 4.82. The summed E-state index contributed by atoms with van der Waals surface area (Å²) in [5.41, 5.74) is 1.92. The van der Waals surface area contributed by atoms with Gasteiger partial charge in [-0.25, -0.2) is 0 Å². The van der Waals surface area contributed by atoms with Crippen molar-refractivity contribution in [2.75, 3.05) is 7.11 Å². The highest BCUT2D eigenvalue weighted by Gasteiger charge is 2.39. The fourth-order valence-electron chi connectivity index (χ4n) is 2.42. The molecular weight excluding hydrogens is 342 g/mol. The van der Waals surface area contributed by atoms with E-state index in [1.165, 1.54) is 23.1 Å². The minimum absolute atomic E-state index is 0.0802. The van der Waals surface area contributed by atoms with Crippen LogP contribution in [0.25, 0.3) is 6.08 Å². The van der Waals surface area contributed by atoms with Gasteiger partial charge in [0.1, 0.15) is 21.7 Å². The average molecular weight is 359 g/mol. The average Bonchev–Trinajstić information content (AvgIpc) is 3.14. The van der Waals surface area contributed by atoms with Crippen molar-refractivity contribution in [1.82, 2.24) is 10.2 Å². The maximum Gasteiger partial charge on any atom is 0.186 e. The van der Waals surface area contributed by atoms with E-state index in [2.05, 4.69) is 10.2 Å². The molecule has 1 N–H and O–H groups in total. The van der Waals surface area contributed by atoms with Crippen molar-refractivity contribution >= 4 is 40.0 Å². The Morgan fingerprint density at radius 1 is 1.38 bits per heavy atom. The van der Waals surface area contributed by atoms with Gasteiger partial charge in [0.2, 0.25) is 0 Å². The van der Waals surface area contributed by atoms with E-state index in [0.717, 1.165) is 28.3 Å². The Balaban J connectivity index is 1.90. The van der Waals surface area contributed by atoms with Gasteiger partial charge in [-0.05, 0) is 36.6 Å². The van der Waals surface area contributed by atoms with Crippen molar-refractivity contribution in [3.8, 4) is 5.75 Å². The molecule has 124 valence electrons. The van der Waals surface area contributed by atoms with Crippen molar-refractivity contribution < 1.29 is 9.53 Å². The largest absolute Gasteiger partial charge is 0.496 e. The van der Waals surface area contributed by atoms with Gasteiger partial charge in [0.05, 0.1) is 17.1 Å². The van der Waals surface area contributed by atoms with Crippen LogP contribution in [0.15, 0.2) is 23.1 Å². The molecular formula is C17H17N3O2S2. The Morgan fingerprint density at radius 2 is 2.17 bits per heavy atom. The van der Waals surface area contributed by atoms with Gasteiger partial charge in [0.15, 0.2) is 5.78 Å². The zero-order valence-electron chi connectivity index (χ0n) is 13.6. The number of carbonyl (C=O) groups excluding carboxylic acids is 1. The molecule has 1 aliphatic rings. The van der Waals surface area contributed by atoms with E-state index in [1.54, 1.807) is 7.11 Å². The van der Waals surface area contributed by atoms with E-state index in [9.17, 15) is 4.79 Å². The third kappa shape index (κ3) is 3.14. The van der Waals surface area contributed by atoms with Crippen LogP contribution in [0.3, 0.4) is 0 Å². The summed E-state index contributed by atoms with van der Waals surface area (Å²) in [5.74, 6) is 0.0953. The first-order valence-electron chi connectivity index (χ1n) is 7.52. The molecule has 0 spiro atoms. The summed E-state index contributed by atoms with van der Waals surface area (Å²) in [6.07, 6.45) is 2.59. The Labute approximate surface area is 148 Å². The molecule has 24 heavy (non-hydrogen) atoms. The number of hydrogen-bond acceptors (Lipinski definition) is 7. The van der Waals surface area contributed by atoms with Gasteiger partial charge >= 0.3 is 0 Å². The second-order valence-electron chi connectivity index (χ2n) is 5.39. The molecule has 2 aromatic rings. The maximum absolute atomic E-state index is 12.7. The fourth-order valence-corrected chi connectivity index (χ4v) is 4.37. The Morgan fingerprint density at radius 3 is 2.83 bits per heavy atom. The highest BCUT2D eigenvalue weighted by atomic mass is 32.2. The standard InChI is InChI=1S/C17H17N3O2S2/c1-4-13-19-20-17(24-13)14-15(21)12(23-16(14)18)8-10-6-5-9(2)11(7-10)22-3/h5-8,14,18H,4H2,1-3H3/b12-8-,18-16?/t14-/m0/s1. The van der Waals surface area contributed by atoms with Crippen LogP contribution in [0.4, 0.5) is 0 Å². The molecule has 1 fully saturated rings. The number of aryl methyl sites for hydroxylation is 2. The highest BCUT2D eigenvalue weighted by molar-refractivity contribution is 8.19. The van der Waals surface area contributed by atoms with Gasteiger partial charge in [0.25, 0.3) is 0 Å². The molecule has 1 aliphatic heterocycles. The van der Waals surface area contributed by atoms with Crippen molar-refractivity contribution in [2.24, 2.45) is 0 Å². The van der Waals surface area contributed by atoms with E-state index in [1.807, 2.05) is 38.1 Å². The number of aromatic nitrogens is 2. The fraction of sp³-hybridized carbons (Fsp3) is 0.294. The summed E-state index contributed by atoms with van der Waals surface area (Å²) >= 11 is 2.61.